The summed E-state index contributed by atoms with van der Waals surface area (Å²) >= 11 is 0. The molecular weight excluding hydrogens is 540 g/mol. The lowest BCUT2D eigenvalue weighted by molar-refractivity contribution is -1.92. The Morgan fingerprint density at radius 1 is 0.634 bits per heavy atom. The lowest BCUT2D eigenvalue weighted by atomic mass is 9.85. The molecular formula is C33H35ClN2O5. The third-order valence-corrected chi connectivity index (χ3v) is 6.42. The molecule has 8 heteroatoms. The van der Waals surface area contributed by atoms with Gasteiger partial charge >= 0.3 is 0 Å². The summed E-state index contributed by atoms with van der Waals surface area (Å²) in [7, 11) is 3.42. The highest BCUT2D eigenvalue weighted by atomic mass is 35.7. The van der Waals surface area contributed by atoms with E-state index in [9.17, 15) is 5.11 Å². The largest absolute Gasteiger partial charge is 0.378 e. The fraction of sp³-hybridized carbons (Fsp3) is 0.152. The van der Waals surface area contributed by atoms with Crippen molar-refractivity contribution in [3.63, 3.8) is 0 Å². The zero-order valence-electron chi connectivity index (χ0n) is 23.5. The van der Waals surface area contributed by atoms with Gasteiger partial charge in [-0.15, -0.1) is 0 Å². The number of hydrogen-bond donors (Lipinski definition) is 2. The molecule has 4 rings (SSSR count). The highest BCUT2D eigenvalue weighted by Crippen LogP contribution is 2.33. The first-order valence-corrected chi connectivity index (χ1v) is 14.1. The molecule has 0 fully saturated rings. The number of nitrogens with zero attached hydrogens (tertiary/aromatic N) is 2. The number of benzene rings is 4. The molecule has 0 spiro atoms. The van der Waals surface area contributed by atoms with Crippen LogP contribution in [-0.4, -0.2) is 38.0 Å². The molecule has 7 nitrogen and oxygen atoms in total. The Bertz CT molecular complexity index is 1410. The Kier molecular flexibility index (Phi) is 10.9. The van der Waals surface area contributed by atoms with Gasteiger partial charge in [-0.1, -0.05) is 97.1 Å². The first-order valence-electron chi connectivity index (χ1n) is 12.8. The van der Waals surface area contributed by atoms with Gasteiger partial charge in [-0.3, -0.25) is 0 Å². The van der Waals surface area contributed by atoms with Crippen LogP contribution in [0.4, 0.5) is 11.4 Å². The van der Waals surface area contributed by atoms with Crippen molar-refractivity contribution in [2.45, 2.75) is 5.60 Å². The second kappa shape index (κ2) is 14.1. The van der Waals surface area contributed by atoms with Crippen LogP contribution in [0.1, 0.15) is 22.3 Å². The fourth-order valence-corrected chi connectivity index (χ4v) is 4.26. The Morgan fingerprint density at radius 3 is 1.49 bits per heavy atom. The van der Waals surface area contributed by atoms with Crippen LogP contribution in [0.2, 0.25) is 0 Å². The van der Waals surface area contributed by atoms with Crippen LogP contribution in [0, 0.1) is 10.2 Å². The van der Waals surface area contributed by atoms with Crippen molar-refractivity contribution in [2.24, 2.45) is 0 Å². The molecule has 4 aromatic rings. The monoisotopic (exact) mass is 574 g/mol. The van der Waals surface area contributed by atoms with Crippen LogP contribution in [0.5, 0.6) is 0 Å². The third kappa shape index (κ3) is 9.30. The van der Waals surface area contributed by atoms with E-state index in [-0.39, 0.29) is 0 Å². The number of hydrogen-bond acceptors (Lipinski definition) is 7. The van der Waals surface area contributed by atoms with Gasteiger partial charge < -0.3 is 14.9 Å². The van der Waals surface area contributed by atoms with Crippen LogP contribution in [0.25, 0.3) is 5.57 Å². The number of rotatable bonds is 8. The Labute approximate surface area is 243 Å². The minimum absolute atomic E-state index is 0.820. The maximum atomic E-state index is 12.0. The average Bonchev–Trinajstić information content (AvgIpc) is 2.95. The van der Waals surface area contributed by atoms with Gasteiger partial charge in [-0.2, -0.15) is 14.0 Å². The molecule has 1 unspecified atom stereocenters. The van der Waals surface area contributed by atoms with E-state index in [0.717, 1.165) is 39.2 Å². The number of aliphatic hydroxyl groups is 1. The van der Waals surface area contributed by atoms with E-state index < -0.39 is 15.8 Å². The van der Waals surface area contributed by atoms with Crippen molar-refractivity contribution in [1.29, 1.82) is 0 Å². The quantitative estimate of drug-likeness (QED) is 0.311. The highest BCUT2D eigenvalue weighted by molar-refractivity contribution is 5.81. The molecule has 4 aromatic carbocycles. The number of anilines is 2. The predicted molar refractivity (Wildman–Crippen MR) is 156 cm³/mol. The molecule has 0 aliphatic heterocycles. The summed E-state index contributed by atoms with van der Waals surface area (Å²) in [5.74, 6) is 0. The summed E-state index contributed by atoms with van der Waals surface area (Å²) in [6.07, 6.45) is 5.93. The molecule has 0 aromatic heterocycles. The standard InChI is InChI=1S/C33H34N2O.ClHO4/c1-34(2)30-21-17-27(18-22-30)32(26-12-7-5-8-13-26)16-11-25-33(36,28-14-9-6-10-15-28)29-19-23-31(24-20-29)35(3)4;2-1(3,4)5/h5-25,36H,1-4H3;(H,2,3,4,5)/b25-11+,32-16+;. The maximum absolute atomic E-state index is 12.0. The molecule has 1 atom stereocenters. The molecule has 0 bridgehead atoms. The normalized spacial score (nSPS) is 13.2. The van der Waals surface area contributed by atoms with E-state index >= 15 is 0 Å². The van der Waals surface area contributed by atoms with Gasteiger partial charge in [0.2, 0.25) is 0 Å². The Hall–Kier alpha value is -3.95. The summed E-state index contributed by atoms with van der Waals surface area (Å²) < 4.78 is 32.7. The second-order valence-electron chi connectivity index (χ2n) is 9.72. The van der Waals surface area contributed by atoms with E-state index in [2.05, 4.69) is 52.3 Å². The first-order chi connectivity index (χ1) is 19.4. The summed E-state index contributed by atoms with van der Waals surface area (Å²) in [5.41, 5.74) is 5.96. The lowest BCUT2D eigenvalue weighted by Crippen LogP contribution is -2.58. The van der Waals surface area contributed by atoms with Crippen LogP contribution >= 0.6 is 0 Å². The van der Waals surface area contributed by atoms with Crippen molar-refractivity contribution < 1.29 is 34.0 Å². The summed E-state index contributed by atoms with van der Waals surface area (Å²) in [6, 6.07) is 36.8. The van der Waals surface area contributed by atoms with Gasteiger partial charge in [-0.25, -0.2) is 0 Å². The average molecular weight is 575 g/mol. The number of halogens is 1. The van der Waals surface area contributed by atoms with E-state index in [4.69, 9.17) is 18.6 Å². The topological polar surface area (TPSA) is 116 Å². The maximum Gasteiger partial charge on any atom is 0.133 e. The summed E-state index contributed by atoms with van der Waals surface area (Å²) in [5, 5.41) is 12.0. The van der Waals surface area contributed by atoms with E-state index in [1.54, 1.807) is 0 Å². The van der Waals surface area contributed by atoms with Gasteiger partial charge in [0, 0.05) is 39.6 Å². The highest BCUT2D eigenvalue weighted by Gasteiger charge is 2.28. The molecule has 0 saturated heterocycles. The lowest BCUT2D eigenvalue weighted by Gasteiger charge is -2.26. The minimum atomic E-state index is -4.69. The minimum Gasteiger partial charge on any atom is -0.378 e. The van der Waals surface area contributed by atoms with E-state index in [0.29, 0.717) is 0 Å². The van der Waals surface area contributed by atoms with Crippen LogP contribution < -0.4 is 23.8 Å². The smallest absolute Gasteiger partial charge is 0.133 e. The van der Waals surface area contributed by atoms with Gasteiger partial charge in [-0.05, 0) is 58.2 Å². The van der Waals surface area contributed by atoms with Gasteiger partial charge in [0.15, 0.2) is 0 Å². The van der Waals surface area contributed by atoms with Crippen molar-refractivity contribution in [1.82, 2.24) is 0 Å². The summed E-state index contributed by atoms with van der Waals surface area (Å²) in [4.78, 5) is 4.15. The van der Waals surface area contributed by atoms with E-state index in [1.807, 2.05) is 113 Å². The van der Waals surface area contributed by atoms with Crippen molar-refractivity contribution in [2.75, 3.05) is 38.0 Å². The number of allylic oxidation sites excluding steroid dienone is 2. The fourth-order valence-electron chi connectivity index (χ4n) is 4.26. The molecule has 214 valence electrons. The van der Waals surface area contributed by atoms with Crippen LogP contribution in [0.3, 0.4) is 0 Å². The van der Waals surface area contributed by atoms with Gasteiger partial charge in [0.1, 0.15) is 5.60 Å². The molecule has 0 radical (unpaired) electrons. The van der Waals surface area contributed by atoms with Crippen molar-refractivity contribution >= 4 is 16.9 Å². The van der Waals surface area contributed by atoms with Crippen molar-refractivity contribution in [3.8, 4) is 0 Å². The molecule has 0 aliphatic rings. The predicted octanol–water partition coefficient (Wildman–Crippen LogP) is 2.62. The Balaban J connectivity index is 0.000000850. The molecule has 0 saturated carbocycles. The van der Waals surface area contributed by atoms with Gasteiger partial charge in [0.25, 0.3) is 0 Å². The molecule has 0 aliphatic carbocycles. The Morgan fingerprint density at radius 2 is 1.02 bits per heavy atom. The molecule has 0 heterocycles. The van der Waals surface area contributed by atoms with Crippen molar-refractivity contribution in [3.05, 3.63) is 150 Å². The summed E-state index contributed by atoms with van der Waals surface area (Å²) in [6.45, 7) is 0. The van der Waals surface area contributed by atoms with Gasteiger partial charge in [0.05, 0.1) is 14.9 Å². The van der Waals surface area contributed by atoms with E-state index in [1.165, 1.54) is 0 Å². The zero-order chi connectivity index (χ0) is 30.0. The SMILES string of the molecule is CN(C)c1ccc(/C(=C/C=C/C(O)(c2ccccc2)c2ccc(N(C)C)cc2)c2ccccc2)cc1.[O-][Cl+3]([O-])([O-])O. The molecule has 0 amide bonds. The zero-order valence-corrected chi connectivity index (χ0v) is 24.3. The first kappa shape index (κ1) is 31.6. The van der Waals surface area contributed by atoms with Crippen LogP contribution in [0.15, 0.2) is 127 Å². The van der Waals surface area contributed by atoms with Crippen LogP contribution in [-0.2, 0) is 5.60 Å². The second-order valence-corrected chi connectivity index (χ2v) is 10.5. The molecule has 41 heavy (non-hydrogen) atoms. The molecule has 2 N–H and O–H groups in total. The third-order valence-electron chi connectivity index (χ3n) is 6.42.